The molecule has 0 radical (unpaired) electrons. The number of carbonyl (C=O) groups excluding carboxylic acids is 1. The summed E-state index contributed by atoms with van der Waals surface area (Å²) in [6, 6.07) is 0. The highest BCUT2D eigenvalue weighted by molar-refractivity contribution is 5.79. The summed E-state index contributed by atoms with van der Waals surface area (Å²) in [6.07, 6.45) is -2.79. The number of alkyl halides is 3. The SMILES string of the molecule is C[C@H](O)CC(C)(C)CNC(=O)[C@@H]1CCCC[C@@H]1C(F)(F)F. The molecule has 1 aliphatic carbocycles. The van der Waals surface area contributed by atoms with Gasteiger partial charge in [0.05, 0.1) is 12.0 Å². The lowest BCUT2D eigenvalue weighted by atomic mass is 9.78. The van der Waals surface area contributed by atoms with E-state index in [4.69, 9.17) is 0 Å². The highest BCUT2D eigenvalue weighted by Crippen LogP contribution is 2.41. The van der Waals surface area contributed by atoms with Gasteiger partial charge in [0, 0.05) is 12.5 Å². The molecule has 2 N–H and O–H groups in total. The first-order valence-electron chi connectivity index (χ1n) is 7.55. The summed E-state index contributed by atoms with van der Waals surface area (Å²) in [6.45, 7) is 5.69. The van der Waals surface area contributed by atoms with Gasteiger partial charge in [-0.05, 0) is 31.6 Å². The van der Waals surface area contributed by atoms with Gasteiger partial charge in [-0.1, -0.05) is 26.7 Å². The maximum absolute atomic E-state index is 13.0. The molecule has 21 heavy (non-hydrogen) atoms. The van der Waals surface area contributed by atoms with Crippen LogP contribution in [-0.4, -0.2) is 29.8 Å². The zero-order valence-electron chi connectivity index (χ0n) is 13.0. The van der Waals surface area contributed by atoms with E-state index in [1.807, 2.05) is 13.8 Å². The van der Waals surface area contributed by atoms with Gasteiger partial charge in [0.1, 0.15) is 0 Å². The summed E-state index contributed by atoms with van der Waals surface area (Å²) < 4.78 is 39.0. The van der Waals surface area contributed by atoms with Crippen LogP contribution in [0, 0.1) is 17.3 Å². The van der Waals surface area contributed by atoms with Crippen LogP contribution in [0.5, 0.6) is 0 Å². The summed E-state index contributed by atoms with van der Waals surface area (Å²) >= 11 is 0. The van der Waals surface area contributed by atoms with Gasteiger partial charge in [-0.25, -0.2) is 0 Å². The number of hydrogen-bond donors (Lipinski definition) is 2. The Morgan fingerprint density at radius 3 is 2.38 bits per heavy atom. The minimum absolute atomic E-state index is 0.0403. The second-order valence-corrected chi connectivity index (χ2v) is 6.97. The van der Waals surface area contributed by atoms with E-state index in [0.29, 0.717) is 25.7 Å². The molecular formula is C15H26F3NO2. The fourth-order valence-electron chi connectivity index (χ4n) is 3.17. The molecule has 0 aromatic rings. The standard InChI is InChI=1S/C15H26F3NO2/c1-10(20)8-14(2,3)9-19-13(21)11-6-4-5-7-12(11)15(16,17)18/h10-12,20H,4-9H2,1-3H3,(H,19,21)/t10-,11+,12-/m0/s1. The fraction of sp³-hybridized carbons (Fsp3) is 0.933. The molecule has 3 atom stereocenters. The van der Waals surface area contributed by atoms with Crippen LogP contribution in [0.4, 0.5) is 13.2 Å². The molecule has 1 fully saturated rings. The van der Waals surface area contributed by atoms with Gasteiger partial charge in [-0.2, -0.15) is 13.2 Å². The molecule has 0 heterocycles. The number of rotatable bonds is 5. The highest BCUT2D eigenvalue weighted by Gasteiger charge is 2.48. The third-order valence-corrected chi connectivity index (χ3v) is 4.11. The maximum Gasteiger partial charge on any atom is 0.392 e. The average molecular weight is 309 g/mol. The van der Waals surface area contributed by atoms with Gasteiger partial charge in [-0.3, -0.25) is 4.79 Å². The van der Waals surface area contributed by atoms with Crippen molar-refractivity contribution < 1.29 is 23.1 Å². The van der Waals surface area contributed by atoms with Crippen molar-refractivity contribution in [2.75, 3.05) is 6.54 Å². The number of nitrogens with one attached hydrogen (secondary N) is 1. The zero-order valence-corrected chi connectivity index (χ0v) is 13.0. The molecule has 0 bridgehead atoms. The summed E-state index contributed by atoms with van der Waals surface area (Å²) in [5.74, 6) is -3.00. The van der Waals surface area contributed by atoms with Crippen molar-refractivity contribution in [3.8, 4) is 0 Å². The lowest BCUT2D eigenvalue weighted by Gasteiger charge is -2.33. The highest BCUT2D eigenvalue weighted by atomic mass is 19.4. The van der Waals surface area contributed by atoms with Crippen LogP contribution in [0.1, 0.15) is 52.9 Å². The van der Waals surface area contributed by atoms with Crippen molar-refractivity contribution >= 4 is 5.91 Å². The zero-order chi connectivity index (χ0) is 16.3. The summed E-state index contributed by atoms with van der Waals surface area (Å²) in [5.41, 5.74) is -0.341. The monoisotopic (exact) mass is 309 g/mol. The number of aliphatic hydroxyl groups excluding tert-OH is 1. The van der Waals surface area contributed by atoms with Gasteiger partial charge in [0.15, 0.2) is 0 Å². The van der Waals surface area contributed by atoms with E-state index in [-0.39, 0.29) is 18.4 Å². The first-order valence-corrected chi connectivity index (χ1v) is 7.55. The third-order valence-electron chi connectivity index (χ3n) is 4.11. The molecule has 0 aromatic carbocycles. The van der Waals surface area contributed by atoms with Gasteiger partial charge in [0.2, 0.25) is 5.91 Å². The Balaban J connectivity index is 2.61. The Kier molecular flexibility index (Phi) is 6.08. The molecule has 1 rings (SSSR count). The van der Waals surface area contributed by atoms with E-state index in [9.17, 15) is 23.1 Å². The molecule has 0 aromatic heterocycles. The molecule has 1 amide bonds. The first kappa shape index (κ1) is 18.3. The van der Waals surface area contributed by atoms with Crippen LogP contribution in [0.25, 0.3) is 0 Å². The Labute approximate surface area is 124 Å². The number of carbonyl (C=O) groups is 1. The predicted molar refractivity (Wildman–Crippen MR) is 74.6 cm³/mol. The molecule has 1 aliphatic rings. The second kappa shape index (κ2) is 6.99. The molecule has 0 saturated heterocycles. The van der Waals surface area contributed by atoms with E-state index in [2.05, 4.69) is 5.32 Å². The summed E-state index contributed by atoms with van der Waals surface area (Å²) in [7, 11) is 0. The number of aliphatic hydroxyl groups is 1. The van der Waals surface area contributed by atoms with E-state index in [1.54, 1.807) is 6.92 Å². The van der Waals surface area contributed by atoms with Crippen LogP contribution < -0.4 is 5.32 Å². The van der Waals surface area contributed by atoms with Gasteiger partial charge >= 0.3 is 6.18 Å². The number of amides is 1. The molecular weight excluding hydrogens is 283 g/mol. The maximum atomic E-state index is 13.0. The lowest BCUT2D eigenvalue weighted by molar-refractivity contribution is -0.198. The Hall–Kier alpha value is -0.780. The van der Waals surface area contributed by atoms with E-state index >= 15 is 0 Å². The summed E-state index contributed by atoms with van der Waals surface area (Å²) in [5, 5.41) is 12.0. The van der Waals surface area contributed by atoms with Crippen molar-refractivity contribution in [1.82, 2.24) is 5.32 Å². The molecule has 124 valence electrons. The average Bonchev–Trinajstić information content (AvgIpc) is 2.33. The van der Waals surface area contributed by atoms with Crippen LogP contribution in [-0.2, 0) is 4.79 Å². The largest absolute Gasteiger partial charge is 0.393 e. The molecule has 0 unspecified atom stereocenters. The molecule has 0 spiro atoms. The normalized spacial score (nSPS) is 25.5. The van der Waals surface area contributed by atoms with Crippen molar-refractivity contribution in [2.45, 2.75) is 65.2 Å². The van der Waals surface area contributed by atoms with Crippen LogP contribution in [0.3, 0.4) is 0 Å². The molecule has 0 aliphatic heterocycles. The molecule has 1 saturated carbocycles. The molecule has 3 nitrogen and oxygen atoms in total. The minimum atomic E-state index is -4.31. The minimum Gasteiger partial charge on any atom is -0.393 e. The first-order chi connectivity index (χ1) is 9.53. The quantitative estimate of drug-likeness (QED) is 0.819. The third kappa shape index (κ3) is 5.85. The Bertz CT molecular complexity index is 353. The van der Waals surface area contributed by atoms with Crippen molar-refractivity contribution in [3.05, 3.63) is 0 Å². The van der Waals surface area contributed by atoms with Crippen molar-refractivity contribution in [3.63, 3.8) is 0 Å². The van der Waals surface area contributed by atoms with Crippen molar-refractivity contribution in [1.29, 1.82) is 0 Å². The Morgan fingerprint density at radius 2 is 1.86 bits per heavy atom. The van der Waals surface area contributed by atoms with Gasteiger partial charge in [-0.15, -0.1) is 0 Å². The van der Waals surface area contributed by atoms with Crippen LogP contribution in [0.2, 0.25) is 0 Å². The fourth-order valence-corrected chi connectivity index (χ4v) is 3.17. The van der Waals surface area contributed by atoms with Crippen LogP contribution in [0.15, 0.2) is 0 Å². The molecule has 6 heteroatoms. The second-order valence-electron chi connectivity index (χ2n) is 6.97. The van der Waals surface area contributed by atoms with Crippen LogP contribution >= 0.6 is 0 Å². The van der Waals surface area contributed by atoms with Gasteiger partial charge in [0.25, 0.3) is 0 Å². The van der Waals surface area contributed by atoms with E-state index in [0.717, 1.165) is 0 Å². The topological polar surface area (TPSA) is 49.3 Å². The predicted octanol–water partition coefficient (Wildman–Crippen LogP) is 3.27. The summed E-state index contributed by atoms with van der Waals surface area (Å²) in [4.78, 5) is 12.1. The lowest BCUT2D eigenvalue weighted by Crippen LogP contribution is -2.45. The van der Waals surface area contributed by atoms with E-state index < -0.39 is 30.0 Å². The number of hydrogen-bond acceptors (Lipinski definition) is 2. The van der Waals surface area contributed by atoms with Crippen molar-refractivity contribution in [2.24, 2.45) is 17.3 Å². The Morgan fingerprint density at radius 1 is 1.29 bits per heavy atom. The van der Waals surface area contributed by atoms with E-state index in [1.165, 1.54) is 0 Å². The smallest absolute Gasteiger partial charge is 0.392 e. The number of halogens is 3. The van der Waals surface area contributed by atoms with Gasteiger partial charge < -0.3 is 10.4 Å².